The van der Waals surface area contributed by atoms with Gasteiger partial charge in [-0.3, -0.25) is 0 Å². The van der Waals surface area contributed by atoms with E-state index in [9.17, 15) is 0 Å². The summed E-state index contributed by atoms with van der Waals surface area (Å²) in [5.41, 5.74) is 2.75. The molecule has 0 heterocycles. The molecule has 2 aromatic rings. The summed E-state index contributed by atoms with van der Waals surface area (Å²) in [7, 11) is 0. The molecule has 2 aromatic carbocycles. The van der Waals surface area contributed by atoms with Crippen molar-refractivity contribution >= 4 is 23.5 Å². The van der Waals surface area contributed by atoms with Crippen LogP contribution in [0.3, 0.4) is 0 Å². The van der Waals surface area contributed by atoms with Gasteiger partial charge in [-0.15, -0.1) is 23.5 Å². The summed E-state index contributed by atoms with van der Waals surface area (Å²) in [6.07, 6.45) is 3.74. The molecule has 0 nitrogen and oxygen atoms in total. The molecule has 0 aliphatic rings. The van der Waals surface area contributed by atoms with Gasteiger partial charge in [0, 0.05) is 9.79 Å². The van der Waals surface area contributed by atoms with Crippen LogP contribution >= 0.6 is 23.5 Å². The maximum Gasteiger partial charge on any atom is 0.0677 e. The Bertz CT molecular complexity index is 557. The van der Waals surface area contributed by atoms with Crippen LogP contribution in [0.1, 0.15) is 44.2 Å². The molecule has 0 aliphatic carbocycles. The number of thioether (sulfide) groups is 2. The van der Waals surface area contributed by atoms with Gasteiger partial charge in [-0.05, 0) is 50.5 Å². The van der Waals surface area contributed by atoms with Gasteiger partial charge in [-0.25, -0.2) is 0 Å². The Balaban J connectivity index is 2.23. The van der Waals surface area contributed by atoms with Gasteiger partial charge in [-0.1, -0.05) is 56.2 Å². The van der Waals surface area contributed by atoms with Crippen molar-refractivity contribution in [3.05, 3.63) is 59.7 Å². The lowest BCUT2D eigenvalue weighted by Gasteiger charge is -2.30. The zero-order valence-electron chi connectivity index (χ0n) is 14.1. The normalized spacial score (nSPS) is 11.6. The highest BCUT2D eigenvalue weighted by Crippen LogP contribution is 2.49. The van der Waals surface area contributed by atoms with Crippen LogP contribution in [-0.4, -0.2) is 4.08 Å². The highest BCUT2D eigenvalue weighted by atomic mass is 32.2. The van der Waals surface area contributed by atoms with Gasteiger partial charge in [0.2, 0.25) is 0 Å². The van der Waals surface area contributed by atoms with Crippen LogP contribution in [0.2, 0.25) is 0 Å². The van der Waals surface area contributed by atoms with Crippen molar-refractivity contribution in [2.45, 2.75) is 60.8 Å². The molecular weight excluding hydrogens is 304 g/mol. The van der Waals surface area contributed by atoms with E-state index >= 15 is 0 Å². The van der Waals surface area contributed by atoms with Crippen molar-refractivity contribution in [1.82, 2.24) is 0 Å². The molecule has 0 aliphatic heterocycles. The molecule has 0 saturated heterocycles. The second-order valence-electron chi connectivity index (χ2n) is 5.97. The van der Waals surface area contributed by atoms with E-state index in [0.29, 0.717) is 0 Å². The fraction of sp³-hybridized carbons (Fsp3) is 0.400. The Morgan fingerprint density at radius 1 is 0.818 bits per heavy atom. The zero-order valence-corrected chi connectivity index (χ0v) is 15.7. The van der Waals surface area contributed by atoms with E-state index in [2.05, 4.69) is 76.2 Å². The fourth-order valence-corrected chi connectivity index (χ4v) is 5.31. The summed E-state index contributed by atoms with van der Waals surface area (Å²) < 4.78 is 0.175. The van der Waals surface area contributed by atoms with E-state index in [0.717, 1.165) is 0 Å². The van der Waals surface area contributed by atoms with E-state index in [4.69, 9.17) is 0 Å². The predicted octanol–water partition coefficient (Wildman–Crippen LogP) is 7.09. The first-order valence-electron chi connectivity index (χ1n) is 8.03. The van der Waals surface area contributed by atoms with Gasteiger partial charge in [-0.2, -0.15) is 0 Å². The number of aryl methyl sites for hydroxylation is 2. The Morgan fingerprint density at radius 3 is 1.68 bits per heavy atom. The zero-order chi connectivity index (χ0) is 16.0. The molecule has 22 heavy (non-hydrogen) atoms. The fourth-order valence-electron chi connectivity index (χ4n) is 2.43. The number of hydrogen-bond acceptors (Lipinski definition) is 2. The smallest absolute Gasteiger partial charge is 0.0677 e. The average molecular weight is 331 g/mol. The van der Waals surface area contributed by atoms with Gasteiger partial charge in [0.05, 0.1) is 4.08 Å². The molecule has 0 atom stereocenters. The second kappa shape index (κ2) is 8.12. The number of hydrogen-bond donors (Lipinski definition) is 0. The second-order valence-corrected chi connectivity index (χ2v) is 9.32. The molecule has 0 unspecified atom stereocenters. The first-order chi connectivity index (χ1) is 10.5. The number of unbranched alkanes of at least 4 members (excludes halogenated alkanes) is 1. The van der Waals surface area contributed by atoms with Gasteiger partial charge in [0.25, 0.3) is 0 Å². The molecular formula is C20H26S2. The molecule has 0 spiro atoms. The number of rotatable bonds is 7. The third-order valence-corrected chi connectivity index (χ3v) is 6.95. The largest absolute Gasteiger partial charge is 0.108 e. The maximum absolute atomic E-state index is 2.40. The molecule has 2 rings (SSSR count). The van der Waals surface area contributed by atoms with Gasteiger partial charge in [0.15, 0.2) is 0 Å². The predicted molar refractivity (Wildman–Crippen MR) is 102 cm³/mol. The summed E-state index contributed by atoms with van der Waals surface area (Å²) in [5.74, 6) is 0. The third-order valence-electron chi connectivity index (χ3n) is 3.82. The lowest BCUT2D eigenvalue weighted by Crippen LogP contribution is -2.15. The first-order valence-corrected chi connectivity index (χ1v) is 9.66. The third kappa shape index (κ3) is 4.82. The topological polar surface area (TPSA) is 0 Å². The summed E-state index contributed by atoms with van der Waals surface area (Å²) in [4.78, 5) is 2.81. The molecule has 0 aromatic heterocycles. The molecule has 118 valence electrons. The minimum absolute atomic E-state index is 0.175. The van der Waals surface area contributed by atoms with Gasteiger partial charge < -0.3 is 0 Å². The summed E-state index contributed by atoms with van der Waals surface area (Å²) in [6.45, 7) is 9.09. The van der Waals surface area contributed by atoms with Crippen molar-refractivity contribution in [2.24, 2.45) is 0 Å². The van der Waals surface area contributed by atoms with Crippen molar-refractivity contribution in [1.29, 1.82) is 0 Å². The van der Waals surface area contributed by atoms with Gasteiger partial charge >= 0.3 is 0 Å². The van der Waals surface area contributed by atoms with Crippen LogP contribution < -0.4 is 0 Å². The summed E-state index contributed by atoms with van der Waals surface area (Å²) in [6, 6.07) is 17.5. The van der Waals surface area contributed by atoms with Crippen molar-refractivity contribution in [3.63, 3.8) is 0 Å². The first kappa shape index (κ1) is 17.5. The van der Waals surface area contributed by atoms with Crippen molar-refractivity contribution < 1.29 is 0 Å². The van der Waals surface area contributed by atoms with Crippen LogP contribution in [0.25, 0.3) is 0 Å². The minimum atomic E-state index is 0.175. The molecule has 0 bridgehead atoms. The van der Waals surface area contributed by atoms with Crippen LogP contribution in [0.4, 0.5) is 0 Å². The molecule has 2 heteroatoms. The summed E-state index contributed by atoms with van der Waals surface area (Å²) in [5, 5.41) is 0. The lowest BCUT2D eigenvalue weighted by atomic mass is 10.2. The van der Waals surface area contributed by atoms with E-state index in [-0.39, 0.29) is 4.08 Å². The molecule has 0 amide bonds. The van der Waals surface area contributed by atoms with Crippen LogP contribution in [0.15, 0.2) is 58.3 Å². The van der Waals surface area contributed by atoms with E-state index in [1.807, 2.05) is 23.5 Å². The molecule has 0 radical (unpaired) electrons. The average Bonchev–Trinajstić information content (AvgIpc) is 2.50. The van der Waals surface area contributed by atoms with Crippen molar-refractivity contribution in [2.75, 3.05) is 0 Å². The highest BCUT2D eigenvalue weighted by Gasteiger charge is 2.27. The lowest BCUT2D eigenvalue weighted by molar-refractivity contribution is 0.684. The monoisotopic (exact) mass is 330 g/mol. The quantitative estimate of drug-likeness (QED) is 0.392. The molecule has 0 fully saturated rings. The standard InChI is InChI=1S/C20H26S2/c1-5-6-15-20(4,21-18-13-9-7-11-16(18)2)22-19-14-10-8-12-17(19)3/h7-14H,5-6,15H2,1-4H3. The highest BCUT2D eigenvalue weighted by molar-refractivity contribution is 8.18. The van der Waals surface area contributed by atoms with Crippen LogP contribution in [0, 0.1) is 13.8 Å². The maximum atomic E-state index is 2.40. The number of benzene rings is 2. The Morgan fingerprint density at radius 2 is 1.27 bits per heavy atom. The van der Waals surface area contributed by atoms with Crippen LogP contribution in [0.5, 0.6) is 0 Å². The van der Waals surface area contributed by atoms with Crippen LogP contribution in [-0.2, 0) is 0 Å². The Kier molecular flexibility index (Phi) is 6.46. The molecule has 0 N–H and O–H groups in total. The minimum Gasteiger partial charge on any atom is -0.108 e. The van der Waals surface area contributed by atoms with E-state index in [1.54, 1.807) is 0 Å². The molecule has 0 saturated carbocycles. The summed E-state index contributed by atoms with van der Waals surface area (Å²) >= 11 is 4.05. The SMILES string of the molecule is CCCCC(C)(Sc1ccccc1C)Sc1ccccc1C. The van der Waals surface area contributed by atoms with E-state index < -0.39 is 0 Å². The Labute approximate surface area is 144 Å². The van der Waals surface area contributed by atoms with E-state index in [1.165, 1.54) is 40.2 Å². The van der Waals surface area contributed by atoms with Gasteiger partial charge in [0.1, 0.15) is 0 Å². The van der Waals surface area contributed by atoms with Crippen molar-refractivity contribution in [3.8, 4) is 0 Å². The Hall–Kier alpha value is -0.860.